The number of benzene rings is 2. The van der Waals surface area contributed by atoms with Crippen molar-refractivity contribution >= 4 is 29.3 Å². The number of aryl methyl sites for hydroxylation is 3. The zero-order valence-electron chi connectivity index (χ0n) is 18.2. The molecule has 0 unspecified atom stereocenters. The van der Waals surface area contributed by atoms with Gasteiger partial charge in [0, 0.05) is 22.8 Å². The van der Waals surface area contributed by atoms with Gasteiger partial charge >= 0.3 is 0 Å². The lowest BCUT2D eigenvalue weighted by molar-refractivity contribution is -0.112. The molecule has 0 saturated heterocycles. The second kappa shape index (κ2) is 9.11. The van der Waals surface area contributed by atoms with Crippen molar-refractivity contribution in [2.45, 2.75) is 27.7 Å². The molecule has 158 valence electrons. The van der Waals surface area contributed by atoms with Gasteiger partial charge in [0.15, 0.2) is 0 Å². The number of nitrogens with one attached hydrogen (secondary N) is 1. The van der Waals surface area contributed by atoms with Crippen LogP contribution in [0.15, 0.2) is 48.0 Å². The summed E-state index contributed by atoms with van der Waals surface area (Å²) in [6.45, 7) is 7.89. The Morgan fingerprint density at radius 1 is 1.10 bits per heavy atom. The van der Waals surface area contributed by atoms with Gasteiger partial charge in [-0.05, 0) is 86.9 Å². The summed E-state index contributed by atoms with van der Waals surface area (Å²) >= 11 is 6.29. The summed E-state index contributed by atoms with van der Waals surface area (Å²) in [5, 5.41) is 12.9. The number of methoxy groups -OCH3 is 1. The molecule has 6 heteroatoms. The van der Waals surface area contributed by atoms with Crippen LogP contribution in [0.5, 0.6) is 5.75 Å². The highest BCUT2D eigenvalue weighted by atomic mass is 35.5. The number of nitriles is 1. The third kappa shape index (κ3) is 4.65. The molecular weight excluding hydrogens is 410 g/mol. The Balaban J connectivity index is 1.93. The van der Waals surface area contributed by atoms with Crippen molar-refractivity contribution in [3.05, 3.63) is 81.1 Å². The first-order valence-electron chi connectivity index (χ1n) is 9.78. The van der Waals surface area contributed by atoms with Gasteiger partial charge in [-0.1, -0.05) is 17.7 Å². The Kier molecular flexibility index (Phi) is 6.53. The lowest BCUT2D eigenvalue weighted by Crippen LogP contribution is -2.13. The Morgan fingerprint density at radius 2 is 1.84 bits per heavy atom. The predicted octanol–water partition coefficient (Wildman–Crippen LogP) is 5.92. The maximum absolute atomic E-state index is 12.7. The van der Waals surface area contributed by atoms with E-state index in [1.165, 1.54) is 0 Å². The van der Waals surface area contributed by atoms with Crippen LogP contribution in [0, 0.1) is 39.0 Å². The Morgan fingerprint density at radius 3 is 2.45 bits per heavy atom. The van der Waals surface area contributed by atoms with Gasteiger partial charge in [-0.3, -0.25) is 4.79 Å². The number of ether oxygens (including phenoxy) is 1. The van der Waals surface area contributed by atoms with Crippen molar-refractivity contribution in [1.82, 2.24) is 4.57 Å². The zero-order chi connectivity index (χ0) is 22.7. The maximum atomic E-state index is 12.7. The highest BCUT2D eigenvalue weighted by Crippen LogP contribution is 2.30. The molecule has 1 N–H and O–H groups in total. The highest BCUT2D eigenvalue weighted by Gasteiger charge is 2.15. The van der Waals surface area contributed by atoms with Gasteiger partial charge in [0.25, 0.3) is 5.91 Å². The summed E-state index contributed by atoms with van der Waals surface area (Å²) in [6.07, 6.45) is 1.61. The standard InChI is InChI=1S/C25H24ClN3O2/c1-15-6-7-21(10-16(15)2)28-25(30)20(14-27)12-19-11-17(3)29(18(19)4)22-8-9-24(31-5)23(26)13-22/h6-13H,1-5H3,(H,28,30)/b20-12+. The summed E-state index contributed by atoms with van der Waals surface area (Å²) in [6, 6.07) is 15.2. The molecule has 5 nitrogen and oxygen atoms in total. The highest BCUT2D eigenvalue weighted by molar-refractivity contribution is 6.32. The van der Waals surface area contributed by atoms with E-state index in [4.69, 9.17) is 16.3 Å². The number of halogens is 1. The molecule has 1 heterocycles. The second-order valence-corrected chi connectivity index (χ2v) is 7.81. The van der Waals surface area contributed by atoms with Crippen LogP contribution in [0.3, 0.4) is 0 Å². The molecule has 31 heavy (non-hydrogen) atoms. The Labute approximate surface area is 187 Å². The molecule has 0 aliphatic carbocycles. The fourth-order valence-electron chi connectivity index (χ4n) is 3.45. The van der Waals surface area contributed by atoms with Crippen LogP contribution >= 0.6 is 11.6 Å². The Hall–Kier alpha value is -3.49. The van der Waals surface area contributed by atoms with E-state index in [0.29, 0.717) is 16.5 Å². The van der Waals surface area contributed by atoms with Gasteiger partial charge in [0.05, 0.1) is 12.1 Å². The van der Waals surface area contributed by atoms with E-state index in [2.05, 4.69) is 5.32 Å². The quantitative estimate of drug-likeness (QED) is 0.401. The number of carbonyl (C=O) groups excluding carboxylic acids is 1. The minimum atomic E-state index is -0.442. The van der Waals surface area contributed by atoms with Crippen molar-refractivity contribution in [2.24, 2.45) is 0 Å². The molecule has 0 aliphatic rings. The van der Waals surface area contributed by atoms with Gasteiger partial charge in [-0.15, -0.1) is 0 Å². The van der Waals surface area contributed by atoms with Crippen LogP contribution in [-0.4, -0.2) is 17.6 Å². The molecule has 0 saturated carbocycles. The number of amides is 1. The van der Waals surface area contributed by atoms with Gasteiger partial charge in [0.2, 0.25) is 0 Å². The van der Waals surface area contributed by atoms with E-state index in [1.807, 2.05) is 80.8 Å². The van der Waals surface area contributed by atoms with Gasteiger partial charge in [-0.25, -0.2) is 0 Å². The van der Waals surface area contributed by atoms with E-state index in [9.17, 15) is 10.1 Å². The first kappa shape index (κ1) is 22.2. The number of anilines is 1. The van der Waals surface area contributed by atoms with E-state index >= 15 is 0 Å². The van der Waals surface area contributed by atoms with Gasteiger partial charge in [-0.2, -0.15) is 5.26 Å². The van der Waals surface area contributed by atoms with Crippen LogP contribution in [0.25, 0.3) is 11.8 Å². The minimum absolute atomic E-state index is 0.0336. The van der Waals surface area contributed by atoms with Crippen LogP contribution in [0.4, 0.5) is 5.69 Å². The van der Waals surface area contributed by atoms with Crippen molar-refractivity contribution < 1.29 is 9.53 Å². The van der Waals surface area contributed by atoms with Gasteiger partial charge in [0.1, 0.15) is 17.4 Å². The summed E-state index contributed by atoms with van der Waals surface area (Å²) in [4.78, 5) is 12.7. The summed E-state index contributed by atoms with van der Waals surface area (Å²) < 4.78 is 7.25. The third-order valence-electron chi connectivity index (χ3n) is 5.29. The topological polar surface area (TPSA) is 67.0 Å². The molecule has 0 aliphatic heterocycles. The van der Waals surface area contributed by atoms with Crippen molar-refractivity contribution in [3.63, 3.8) is 0 Å². The van der Waals surface area contributed by atoms with Crippen LogP contribution < -0.4 is 10.1 Å². The lowest BCUT2D eigenvalue weighted by Gasteiger charge is -2.12. The molecule has 0 fully saturated rings. The van der Waals surface area contributed by atoms with E-state index in [0.717, 1.165) is 33.8 Å². The predicted molar refractivity (Wildman–Crippen MR) is 125 cm³/mol. The Bertz CT molecular complexity index is 1230. The van der Waals surface area contributed by atoms with Crippen LogP contribution in [-0.2, 0) is 4.79 Å². The molecule has 0 spiro atoms. The van der Waals surface area contributed by atoms with Crippen LogP contribution in [0.1, 0.15) is 28.1 Å². The SMILES string of the molecule is COc1ccc(-n2c(C)cc(/C=C(\C#N)C(=O)Nc3ccc(C)c(C)c3)c2C)cc1Cl. The maximum Gasteiger partial charge on any atom is 0.266 e. The number of nitrogens with zero attached hydrogens (tertiary/aromatic N) is 2. The largest absolute Gasteiger partial charge is 0.495 e. The fourth-order valence-corrected chi connectivity index (χ4v) is 3.70. The average Bonchev–Trinajstić information content (AvgIpc) is 3.01. The molecular formula is C25H24ClN3O2. The average molecular weight is 434 g/mol. The number of rotatable bonds is 5. The molecule has 2 aromatic carbocycles. The molecule has 1 amide bonds. The first-order valence-corrected chi connectivity index (χ1v) is 10.2. The molecule has 0 radical (unpaired) electrons. The van der Waals surface area contributed by atoms with Crippen molar-refractivity contribution in [2.75, 3.05) is 12.4 Å². The molecule has 3 aromatic rings. The minimum Gasteiger partial charge on any atom is -0.495 e. The van der Waals surface area contributed by atoms with E-state index in [-0.39, 0.29) is 5.57 Å². The molecule has 0 bridgehead atoms. The van der Waals surface area contributed by atoms with E-state index in [1.54, 1.807) is 13.2 Å². The molecule has 0 atom stereocenters. The van der Waals surface area contributed by atoms with E-state index < -0.39 is 5.91 Å². The zero-order valence-corrected chi connectivity index (χ0v) is 19.0. The number of hydrogen-bond acceptors (Lipinski definition) is 3. The summed E-state index contributed by atoms with van der Waals surface area (Å²) in [7, 11) is 1.57. The first-order chi connectivity index (χ1) is 14.7. The fraction of sp³-hybridized carbons (Fsp3) is 0.200. The smallest absolute Gasteiger partial charge is 0.266 e. The number of aromatic nitrogens is 1. The van der Waals surface area contributed by atoms with Crippen molar-refractivity contribution in [3.8, 4) is 17.5 Å². The molecule has 3 rings (SSSR count). The summed E-state index contributed by atoms with van der Waals surface area (Å²) in [5.41, 5.74) is 6.41. The summed E-state index contributed by atoms with van der Waals surface area (Å²) in [5.74, 6) is 0.158. The van der Waals surface area contributed by atoms with Crippen molar-refractivity contribution in [1.29, 1.82) is 5.26 Å². The second-order valence-electron chi connectivity index (χ2n) is 7.40. The number of hydrogen-bond donors (Lipinski definition) is 1. The molecule has 1 aromatic heterocycles. The van der Waals surface area contributed by atoms with Gasteiger partial charge < -0.3 is 14.6 Å². The normalized spacial score (nSPS) is 11.2. The van der Waals surface area contributed by atoms with Crippen LogP contribution in [0.2, 0.25) is 5.02 Å². The monoisotopic (exact) mass is 433 g/mol. The lowest BCUT2D eigenvalue weighted by atomic mass is 10.1. The number of carbonyl (C=O) groups is 1. The third-order valence-corrected chi connectivity index (χ3v) is 5.59.